The number of hydrogen-bond donors (Lipinski definition) is 1. The van der Waals surface area contributed by atoms with Crippen LogP contribution >= 0.6 is 10.9 Å². The standard InChI is InChI=1S/C15H14OS/c1-15(17-10-4-5-11-17)13-7-3-2-6-12(13)8-9-14(15)16/h2-11,17H,1H3/p+1/t15-/m0/s1. The lowest BCUT2D eigenvalue weighted by molar-refractivity contribution is -0.116. The highest BCUT2D eigenvalue weighted by Crippen LogP contribution is 2.55. The van der Waals surface area contributed by atoms with Crippen molar-refractivity contribution in [2.45, 2.75) is 11.7 Å². The third-order valence-electron chi connectivity index (χ3n) is 3.50. The van der Waals surface area contributed by atoms with Crippen molar-refractivity contribution in [1.29, 1.82) is 0 Å². The number of rotatable bonds is 1. The second-order valence-corrected chi connectivity index (χ2v) is 6.75. The Labute approximate surface area is 105 Å². The molecule has 1 aliphatic carbocycles. The molecule has 17 heavy (non-hydrogen) atoms. The molecular weight excluding hydrogens is 228 g/mol. The third kappa shape index (κ3) is 1.44. The van der Waals surface area contributed by atoms with E-state index in [0.717, 1.165) is 5.56 Å². The van der Waals surface area contributed by atoms with Crippen LogP contribution in [0.15, 0.2) is 53.3 Å². The van der Waals surface area contributed by atoms with E-state index in [-0.39, 0.29) is 12.0 Å². The minimum absolute atomic E-state index is 0. The summed E-state index contributed by atoms with van der Waals surface area (Å²) in [7, 11) is -0.533. The highest BCUT2D eigenvalue weighted by molar-refractivity contribution is 8.23. The van der Waals surface area contributed by atoms with Gasteiger partial charge in [-0.1, -0.05) is 42.5 Å². The van der Waals surface area contributed by atoms with Crippen LogP contribution in [-0.4, -0.2) is 5.78 Å². The summed E-state index contributed by atoms with van der Waals surface area (Å²) in [4.78, 5) is 12.3. The minimum atomic E-state index is -0.533. The van der Waals surface area contributed by atoms with Gasteiger partial charge in [-0.05, 0) is 34.9 Å². The van der Waals surface area contributed by atoms with Crippen LogP contribution in [-0.2, 0) is 9.54 Å². The van der Waals surface area contributed by atoms with Gasteiger partial charge >= 0.3 is 1.43 Å². The number of fused-ring (bicyclic) bond motifs is 1. The van der Waals surface area contributed by atoms with Crippen molar-refractivity contribution >= 4 is 22.8 Å². The lowest BCUT2D eigenvalue weighted by Gasteiger charge is -2.37. The highest BCUT2D eigenvalue weighted by Gasteiger charge is 2.40. The van der Waals surface area contributed by atoms with Gasteiger partial charge < -0.3 is 0 Å². The summed E-state index contributed by atoms with van der Waals surface area (Å²) in [5.41, 5.74) is 2.33. The van der Waals surface area contributed by atoms with E-state index in [2.05, 4.69) is 29.9 Å². The van der Waals surface area contributed by atoms with Crippen LogP contribution in [0.1, 0.15) is 19.5 Å². The molecular formula is C15H15OS+. The van der Waals surface area contributed by atoms with Gasteiger partial charge in [-0.25, -0.2) is 0 Å². The van der Waals surface area contributed by atoms with Crippen LogP contribution in [0.25, 0.3) is 6.08 Å². The number of benzene rings is 1. The normalized spacial score (nSPS) is 27.6. The number of allylic oxidation sites excluding steroid dienone is 3. The molecule has 0 saturated carbocycles. The summed E-state index contributed by atoms with van der Waals surface area (Å²) < 4.78 is -0.385. The van der Waals surface area contributed by atoms with Crippen LogP contribution in [0.2, 0.25) is 0 Å². The molecule has 0 saturated heterocycles. The molecule has 0 fully saturated rings. The fraction of sp³-hybridized carbons (Fsp3) is 0.133. The summed E-state index contributed by atoms with van der Waals surface area (Å²) >= 11 is 0. The van der Waals surface area contributed by atoms with E-state index in [4.69, 9.17) is 0 Å². The van der Waals surface area contributed by atoms with Gasteiger partial charge in [0.15, 0.2) is 5.78 Å². The Balaban J connectivity index is 0.00000120. The molecule has 1 aromatic rings. The van der Waals surface area contributed by atoms with Crippen molar-refractivity contribution in [2.75, 3.05) is 0 Å². The summed E-state index contributed by atoms with van der Waals surface area (Å²) in [5, 5.41) is 4.34. The zero-order valence-corrected chi connectivity index (χ0v) is 10.5. The predicted octanol–water partition coefficient (Wildman–Crippen LogP) is 3.65. The zero-order valence-electron chi connectivity index (χ0n) is 10.6. The average Bonchev–Trinajstić information content (AvgIpc) is 2.88. The van der Waals surface area contributed by atoms with Gasteiger partial charge in [0, 0.05) is 0 Å². The average molecular weight is 243 g/mol. The van der Waals surface area contributed by atoms with Gasteiger partial charge in [0.25, 0.3) is 0 Å². The second kappa shape index (κ2) is 3.74. The molecule has 1 heterocycles. The molecule has 0 bridgehead atoms. The Hall–Kier alpha value is -1.54. The summed E-state index contributed by atoms with van der Waals surface area (Å²) in [6.07, 6.45) is 7.75. The number of thiol groups is 1. The molecule has 86 valence electrons. The summed E-state index contributed by atoms with van der Waals surface area (Å²) in [5.74, 6) is 0.221. The lowest BCUT2D eigenvalue weighted by atomic mass is 9.87. The van der Waals surface area contributed by atoms with E-state index < -0.39 is 10.9 Å². The van der Waals surface area contributed by atoms with Gasteiger partial charge in [-0.15, -0.1) is 0 Å². The predicted molar refractivity (Wildman–Crippen MR) is 76.2 cm³/mol. The smallest absolute Gasteiger partial charge is 0.293 e. The van der Waals surface area contributed by atoms with E-state index in [0.29, 0.717) is 0 Å². The number of ketones is 1. The van der Waals surface area contributed by atoms with Crippen LogP contribution in [0.4, 0.5) is 0 Å². The first kappa shape index (κ1) is 10.6. The molecule has 0 spiro atoms. The molecule has 3 rings (SSSR count). The first-order valence-corrected chi connectivity index (χ1v) is 7.16. The van der Waals surface area contributed by atoms with E-state index in [1.54, 1.807) is 6.08 Å². The van der Waals surface area contributed by atoms with Crippen molar-refractivity contribution in [1.82, 2.24) is 0 Å². The quantitative estimate of drug-likeness (QED) is 0.745. The zero-order chi connectivity index (χ0) is 11.9. The Bertz CT molecular complexity index is 562. The molecule has 2 heteroatoms. The molecule has 0 amide bonds. The molecule has 0 unspecified atom stereocenters. The van der Waals surface area contributed by atoms with Gasteiger partial charge in [0.1, 0.15) is 0 Å². The molecule has 1 aliphatic heterocycles. The number of carbonyl (C=O) groups excluding carboxylic acids is 1. The largest absolute Gasteiger partial charge is 1.00 e. The van der Waals surface area contributed by atoms with Gasteiger partial charge in [-0.3, -0.25) is 4.79 Å². The van der Waals surface area contributed by atoms with Crippen LogP contribution in [0, 0.1) is 0 Å². The first-order valence-electron chi connectivity index (χ1n) is 5.68. The summed E-state index contributed by atoms with van der Waals surface area (Å²) in [6, 6.07) is 8.20. The number of carbonyl (C=O) groups is 1. The summed E-state index contributed by atoms with van der Waals surface area (Å²) in [6.45, 7) is 2.07. The molecule has 0 N–H and O–H groups in total. The van der Waals surface area contributed by atoms with Crippen molar-refractivity contribution in [3.63, 3.8) is 0 Å². The highest BCUT2D eigenvalue weighted by atomic mass is 32.2. The second-order valence-electron chi connectivity index (χ2n) is 4.45. The molecule has 1 nitrogen and oxygen atoms in total. The minimum Gasteiger partial charge on any atom is -0.293 e. The topological polar surface area (TPSA) is 17.1 Å². The Morgan fingerprint density at radius 1 is 1.12 bits per heavy atom. The van der Waals surface area contributed by atoms with Crippen LogP contribution in [0.3, 0.4) is 0 Å². The van der Waals surface area contributed by atoms with Crippen molar-refractivity contribution < 1.29 is 6.22 Å². The Morgan fingerprint density at radius 3 is 2.59 bits per heavy atom. The number of hydrogen-bond acceptors (Lipinski definition) is 1. The molecule has 2 aliphatic rings. The monoisotopic (exact) mass is 243 g/mol. The molecule has 1 atom stereocenters. The third-order valence-corrected chi connectivity index (χ3v) is 5.98. The maximum Gasteiger partial charge on any atom is 1.00 e. The fourth-order valence-corrected chi connectivity index (χ4v) is 4.52. The first-order chi connectivity index (χ1) is 8.23. The van der Waals surface area contributed by atoms with Crippen LogP contribution in [0.5, 0.6) is 0 Å². The van der Waals surface area contributed by atoms with Crippen LogP contribution < -0.4 is 0 Å². The van der Waals surface area contributed by atoms with Crippen molar-refractivity contribution in [3.05, 3.63) is 64.4 Å². The maximum absolute atomic E-state index is 12.3. The van der Waals surface area contributed by atoms with Gasteiger partial charge in [0.2, 0.25) is 0 Å². The van der Waals surface area contributed by atoms with E-state index in [1.807, 2.05) is 30.4 Å². The van der Waals surface area contributed by atoms with E-state index >= 15 is 0 Å². The van der Waals surface area contributed by atoms with E-state index in [9.17, 15) is 4.79 Å². The maximum atomic E-state index is 12.3. The lowest BCUT2D eigenvalue weighted by Crippen LogP contribution is -2.32. The van der Waals surface area contributed by atoms with Crippen molar-refractivity contribution in [2.24, 2.45) is 0 Å². The Morgan fingerprint density at radius 2 is 1.82 bits per heavy atom. The van der Waals surface area contributed by atoms with Gasteiger partial charge in [-0.2, -0.15) is 10.9 Å². The Kier molecular flexibility index (Phi) is 2.33. The van der Waals surface area contributed by atoms with E-state index in [1.165, 1.54) is 5.56 Å². The molecule has 0 aromatic heterocycles. The fourth-order valence-electron chi connectivity index (χ4n) is 2.45. The molecule has 0 radical (unpaired) electrons. The van der Waals surface area contributed by atoms with Gasteiger partial charge in [0.05, 0.1) is 4.75 Å². The SMILES string of the molecule is C[C@@]1([SH]2C=CC=C2)C(=O)C=Cc2ccccc21.[H+]. The van der Waals surface area contributed by atoms with Crippen molar-refractivity contribution in [3.8, 4) is 0 Å². The molecule has 1 aromatic carbocycles.